The second kappa shape index (κ2) is 4.03. The van der Waals surface area contributed by atoms with Crippen LogP contribution in [0.3, 0.4) is 0 Å². The Morgan fingerprint density at radius 2 is 1.86 bits per heavy atom. The quantitative estimate of drug-likeness (QED) is 0.680. The molecule has 1 aromatic rings. The third kappa shape index (κ3) is 3.05. The van der Waals surface area contributed by atoms with Gasteiger partial charge in [-0.1, -0.05) is 32.0 Å². The summed E-state index contributed by atoms with van der Waals surface area (Å²) in [5.74, 6) is 0.249. The zero-order valence-electron chi connectivity index (χ0n) is 8.10. The molecular weight excluding hydrogens is 189 g/mol. The molecule has 0 amide bonds. The van der Waals surface area contributed by atoms with Gasteiger partial charge < -0.3 is 0 Å². The molecule has 0 saturated carbocycles. The van der Waals surface area contributed by atoms with Gasteiger partial charge in [-0.2, -0.15) is 13.2 Å². The zero-order chi connectivity index (χ0) is 10.8. The van der Waals surface area contributed by atoms with Crippen LogP contribution >= 0.6 is 0 Å². The summed E-state index contributed by atoms with van der Waals surface area (Å²) in [5.41, 5.74) is 0.0294. The van der Waals surface area contributed by atoms with Crippen LogP contribution in [-0.4, -0.2) is 0 Å². The fraction of sp³-hybridized carbons (Fsp3) is 0.364. The van der Waals surface area contributed by atoms with Crippen LogP contribution in [-0.2, 0) is 6.18 Å². The Morgan fingerprint density at radius 3 is 2.36 bits per heavy atom. The van der Waals surface area contributed by atoms with Crippen LogP contribution in [0.4, 0.5) is 13.2 Å². The molecule has 0 atom stereocenters. The molecule has 0 spiro atoms. The van der Waals surface area contributed by atoms with Gasteiger partial charge in [0.15, 0.2) is 0 Å². The summed E-state index contributed by atoms with van der Waals surface area (Å²) in [6.07, 6.45) is -2.45. The Morgan fingerprint density at radius 1 is 1.21 bits per heavy atom. The lowest BCUT2D eigenvalue weighted by Crippen LogP contribution is -2.05. The van der Waals surface area contributed by atoms with Gasteiger partial charge in [-0.05, 0) is 24.0 Å². The first-order valence-electron chi connectivity index (χ1n) is 4.42. The van der Waals surface area contributed by atoms with E-state index in [0.29, 0.717) is 5.56 Å². The van der Waals surface area contributed by atoms with Gasteiger partial charge in [-0.3, -0.25) is 0 Å². The molecule has 1 rings (SSSR count). The zero-order valence-corrected chi connectivity index (χ0v) is 8.10. The van der Waals surface area contributed by atoms with E-state index in [2.05, 4.69) is 0 Å². The maximum Gasteiger partial charge on any atom is 0.416 e. The summed E-state index contributed by atoms with van der Waals surface area (Å²) in [7, 11) is 0. The molecule has 1 radical (unpaired) electrons. The molecule has 0 aliphatic rings. The predicted molar refractivity (Wildman–Crippen MR) is 49.7 cm³/mol. The van der Waals surface area contributed by atoms with Crippen LogP contribution in [0.1, 0.15) is 25.0 Å². The average molecular weight is 201 g/mol. The highest BCUT2D eigenvalue weighted by Gasteiger charge is 2.30. The Hall–Kier alpha value is -0.990. The molecule has 0 N–H and O–H groups in total. The molecule has 0 aliphatic carbocycles. The molecule has 3 heteroatoms. The minimum atomic E-state index is -4.25. The van der Waals surface area contributed by atoms with Gasteiger partial charge in [0.2, 0.25) is 0 Å². The number of halogens is 3. The molecule has 0 unspecified atom stereocenters. The molecular formula is C11H12F3. The van der Waals surface area contributed by atoms with Gasteiger partial charge in [0.05, 0.1) is 5.56 Å². The van der Waals surface area contributed by atoms with Gasteiger partial charge >= 0.3 is 6.18 Å². The number of hydrogen-bond acceptors (Lipinski definition) is 0. The molecule has 0 fully saturated rings. The normalized spacial score (nSPS) is 12.1. The SMILES string of the molecule is CC(C)[CH]c1cccc(C(F)(F)F)c1. The highest BCUT2D eigenvalue weighted by molar-refractivity contribution is 5.30. The van der Waals surface area contributed by atoms with E-state index in [1.165, 1.54) is 12.1 Å². The molecule has 0 bridgehead atoms. The summed E-state index contributed by atoms with van der Waals surface area (Å²) >= 11 is 0. The van der Waals surface area contributed by atoms with Crippen molar-refractivity contribution >= 4 is 0 Å². The van der Waals surface area contributed by atoms with Crippen molar-refractivity contribution < 1.29 is 13.2 Å². The van der Waals surface area contributed by atoms with Crippen LogP contribution in [0.2, 0.25) is 0 Å². The Labute approximate surface area is 81.8 Å². The molecule has 14 heavy (non-hydrogen) atoms. The number of rotatable bonds is 2. The number of hydrogen-bond donors (Lipinski definition) is 0. The molecule has 0 aliphatic heterocycles. The second-order valence-electron chi connectivity index (χ2n) is 3.53. The highest BCUT2D eigenvalue weighted by atomic mass is 19.4. The fourth-order valence-corrected chi connectivity index (χ4v) is 1.20. The van der Waals surface area contributed by atoms with E-state index in [0.717, 1.165) is 6.07 Å². The van der Waals surface area contributed by atoms with Crippen molar-refractivity contribution in [3.05, 3.63) is 41.8 Å². The fourth-order valence-electron chi connectivity index (χ4n) is 1.20. The van der Waals surface area contributed by atoms with Gasteiger partial charge in [-0.15, -0.1) is 0 Å². The van der Waals surface area contributed by atoms with Gasteiger partial charge in [0, 0.05) is 0 Å². The van der Waals surface area contributed by atoms with Crippen molar-refractivity contribution in [1.29, 1.82) is 0 Å². The summed E-state index contributed by atoms with van der Waals surface area (Å²) in [5, 5.41) is 0. The minimum absolute atomic E-state index is 0.249. The van der Waals surface area contributed by atoms with Gasteiger partial charge in [0.1, 0.15) is 0 Å². The minimum Gasteiger partial charge on any atom is -0.166 e. The van der Waals surface area contributed by atoms with E-state index in [-0.39, 0.29) is 5.92 Å². The highest BCUT2D eigenvalue weighted by Crippen LogP contribution is 2.30. The van der Waals surface area contributed by atoms with Crippen molar-refractivity contribution in [2.75, 3.05) is 0 Å². The maximum atomic E-state index is 12.3. The van der Waals surface area contributed by atoms with E-state index < -0.39 is 11.7 Å². The third-order valence-corrected chi connectivity index (χ3v) is 1.74. The molecule has 0 saturated heterocycles. The molecule has 0 nitrogen and oxygen atoms in total. The molecule has 1 aromatic carbocycles. The molecule has 0 aromatic heterocycles. The molecule has 0 heterocycles. The Kier molecular flexibility index (Phi) is 3.19. The third-order valence-electron chi connectivity index (χ3n) is 1.74. The first-order chi connectivity index (χ1) is 6.39. The van der Waals surface area contributed by atoms with E-state index in [9.17, 15) is 13.2 Å². The molecule has 77 valence electrons. The topological polar surface area (TPSA) is 0 Å². The van der Waals surface area contributed by atoms with E-state index in [1.807, 2.05) is 13.8 Å². The Balaban J connectivity index is 2.90. The van der Waals surface area contributed by atoms with Crippen LogP contribution < -0.4 is 0 Å². The second-order valence-corrected chi connectivity index (χ2v) is 3.53. The monoisotopic (exact) mass is 201 g/mol. The van der Waals surface area contributed by atoms with Crippen LogP contribution in [0.15, 0.2) is 24.3 Å². The van der Waals surface area contributed by atoms with Crippen molar-refractivity contribution in [2.24, 2.45) is 5.92 Å². The Bertz CT molecular complexity index is 300. The smallest absolute Gasteiger partial charge is 0.166 e. The summed E-state index contributed by atoms with van der Waals surface area (Å²) in [4.78, 5) is 0. The van der Waals surface area contributed by atoms with E-state index >= 15 is 0 Å². The van der Waals surface area contributed by atoms with Crippen molar-refractivity contribution in [3.63, 3.8) is 0 Å². The van der Waals surface area contributed by atoms with Gasteiger partial charge in [0.25, 0.3) is 0 Å². The van der Waals surface area contributed by atoms with Crippen molar-refractivity contribution in [2.45, 2.75) is 20.0 Å². The summed E-state index contributed by atoms with van der Waals surface area (Å²) in [6.45, 7) is 3.86. The first kappa shape index (κ1) is 11.1. The van der Waals surface area contributed by atoms with Crippen molar-refractivity contribution in [1.82, 2.24) is 0 Å². The number of benzene rings is 1. The van der Waals surface area contributed by atoms with E-state index in [1.54, 1.807) is 12.5 Å². The summed E-state index contributed by atoms with van der Waals surface area (Å²) in [6, 6.07) is 5.35. The van der Waals surface area contributed by atoms with Crippen molar-refractivity contribution in [3.8, 4) is 0 Å². The lowest BCUT2D eigenvalue weighted by atomic mass is 10.0. The van der Waals surface area contributed by atoms with Crippen LogP contribution in [0, 0.1) is 12.3 Å². The average Bonchev–Trinajstić information content (AvgIpc) is 2.01. The van der Waals surface area contributed by atoms with Gasteiger partial charge in [-0.25, -0.2) is 0 Å². The van der Waals surface area contributed by atoms with Crippen LogP contribution in [0.25, 0.3) is 0 Å². The predicted octanol–water partition coefficient (Wildman–Crippen LogP) is 3.91. The van der Waals surface area contributed by atoms with E-state index in [4.69, 9.17) is 0 Å². The maximum absolute atomic E-state index is 12.3. The lowest BCUT2D eigenvalue weighted by Gasteiger charge is -2.09. The lowest BCUT2D eigenvalue weighted by molar-refractivity contribution is -0.137. The standard InChI is InChI=1S/C11H12F3/c1-8(2)6-9-4-3-5-10(7-9)11(12,13)14/h3-8H,1-2H3. The largest absolute Gasteiger partial charge is 0.416 e. The number of alkyl halides is 3. The summed E-state index contributed by atoms with van der Waals surface area (Å²) < 4.78 is 36.9. The first-order valence-corrected chi connectivity index (χ1v) is 4.42. The van der Waals surface area contributed by atoms with Crippen LogP contribution in [0.5, 0.6) is 0 Å².